The Kier molecular flexibility index (Phi) is 12.2. The van der Waals surface area contributed by atoms with E-state index < -0.39 is 35.8 Å². The minimum absolute atomic E-state index is 0.0358. The number of hydrogen-bond donors (Lipinski definition) is 3. The number of likely N-dealkylation sites (N-methyl/N-ethyl adjacent to an activating group) is 1. The lowest BCUT2D eigenvalue weighted by atomic mass is 9.98. The van der Waals surface area contributed by atoms with E-state index in [9.17, 15) is 24.4 Å². The predicted molar refractivity (Wildman–Crippen MR) is 119 cm³/mol. The molecule has 0 saturated carbocycles. The van der Waals surface area contributed by atoms with Crippen molar-refractivity contribution in [3.63, 3.8) is 0 Å². The van der Waals surface area contributed by atoms with Crippen molar-refractivity contribution in [2.75, 3.05) is 19.9 Å². The molecule has 3 N–H and O–H groups in total. The smallest absolute Gasteiger partial charge is 0.349 e. The highest BCUT2D eigenvalue weighted by Gasteiger charge is 2.31. The van der Waals surface area contributed by atoms with Gasteiger partial charge in [0.25, 0.3) is 5.91 Å². The molecule has 1 aromatic heterocycles. The highest BCUT2D eigenvalue weighted by molar-refractivity contribution is 8.01. The number of hydroxylamine groups is 2. The number of urea groups is 1. The molecular weight excluding hydrogens is 442 g/mol. The summed E-state index contributed by atoms with van der Waals surface area (Å²) in [5, 5.41) is 16.9. The summed E-state index contributed by atoms with van der Waals surface area (Å²) in [6.07, 6.45) is 1.13. The summed E-state index contributed by atoms with van der Waals surface area (Å²) in [5.74, 6) is -1.62. The number of thioether (sulfide) groups is 1. The number of nitrogens with zero attached hydrogens (tertiary/aromatic N) is 1. The summed E-state index contributed by atoms with van der Waals surface area (Å²) < 4.78 is 5.58. The lowest BCUT2D eigenvalue weighted by molar-refractivity contribution is -0.157. The van der Waals surface area contributed by atoms with Crippen LogP contribution in [-0.4, -0.2) is 60.0 Å². The van der Waals surface area contributed by atoms with Gasteiger partial charge >= 0.3 is 12.0 Å². The molecule has 174 valence electrons. The Morgan fingerprint density at radius 3 is 2.48 bits per heavy atom. The summed E-state index contributed by atoms with van der Waals surface area (Å²) in [5.41, 5.74) is 0. The number of carbonyl (C=O) groups is 4. The van der Waals surface area contributed by atoms with Crippen molar-refractivity contribution in [3.05, 3.63) is 17.5 Å². The fourth-order valence-corrected chi connectivity index (χ4v) is 4.57. The SMILES string of the molecule is CNC(=O)[C@H](CCC(=O)OC)NC(=O)N(O)C(=O)[C@H](CCC(C)C)CSc1cccs1. The maximum Gasteiger partial charge on any atom is 0.349 e. The van der Waals surface area contributed by atoms with E-state index in [-0.39, 0.29) is 17.9 Å². The molecule has 0 aliphatic rings. The van der Waals surface area contributed by atoms with Crippen LogP contribution in [0.25, 0.3) is 0 Å². The van der Waals surface area contributed by atoms with Crippen molar-refractivity contribution in [2.24, 2.45) is 11.8 Å². The quantitative estimate of drug-likeness (QED) is 0.184. The zero-order valence-corrected chi connectivity index (χ0v) is 19.9. The Balaban J connectivity index is 2.80. The number of amides is 4. The van der Waals surface area contributed by atoms with Crippen molar-refractivity contribution >= 4 is 46.9 Å². The number of thiophene rings is 1. The first-order chi connectivity index (χ1) is 14.7. The van der Waals surface area contributed by atoms with Crippen LogP contribution in [0.1, 0.15) is 39.5 Å². The molecule has 0 unspecified atom stereocenters. The molecule has 9 nitrogen and oxygen atoms in total. The van der Waals surface area contributed by atoms with E-state index in [0.717, 1.165) is 10.6 Å². The van der Waals surface area contributed by atoms with E-state index in [4.69, 9.17) is 0 Å². The molecule has 1 aromatic rings. The molecule has 1 heterocycles. The average molecular weight is 474 g/mol. The Hall–Kier alpha value is -2.11. The summed E-state index contributed by atoms with van der Waals surface area (Å²) in [4.78, 5) is 48.6. The van der Waals surface area contributed by atoms with Crippen LogP contribution in [0.4, 0.5) is 4.79 Å². The van der Waals surface area contributed by atoms with Crippen molar-refractivity contribution in [3.8, 4) is 0 Å². The monoisotopic (exact) mass is 473 g/mol. The van der Waals surface area contributed by atoms with Crippen LogP contribution in [0.2, 0.25) is 0 Å². The van der Waals surface area contributed by atoms with Gasteiger partial charge in [-0.1, -0.05) is 26.3 Å². The van der Waals surface area contributed by atoms with Crippen LogP contribution in [0.5, 0.6) is 0 Å². The van der Waals surface area contributed by atoms with E-state index >= 15 is 0 Å². The zero-order chi connectivity index (χ0) is 23.4. The van der Waals surface area contributed by atoms with Gasteiger partial charge in [0.2, 0.25) is 5.91 Å². The van der Waals surface area contributed by atoms with Crippen LogP contribution in [0.3, 0.4) is 0 Å². The normalized spacial score (nSPS) is 12.7. The Morgan fingerprint density at radius 2 is 1.94 bits per heavy atom. The van der Waals surface area contributed by atoms with Gasteiger partial charge in [0, 0.05) is 19.2 Å². The molecular formula is C20H31N3O6S2. The third-order valence-corrected chi connectivity index (χ3v) is 6.78. The largest absolute Gasteiger partial charge is 0.469 e. The average Bonchev–Trinajstić information content (AvgIpc) is 3.28. The van der Waals surface area contributed by atoms with Crippen molar-refractivity contribution in [1.29, 1.82) is 0 Å². The third-order valence-electron chi connectivity index (χ3n) is 4.49. The number of ether oxygens (including phenoxy) is 1. The maximum absolute atomic E-state index is 12.8. The van der Waals surface area contributed by atoms with Crippen LogP contribution in [-0.2, 0) is 19.1 Å². The number of nitrogens with one attached hydrogen (secondary N) is 2. The van der Waals surface area contributed by atoms with Gasteiger partial charge in [-0.15, -0.1) is 28.2 Å². The van der Waals surface area contributed by atoms with Crippen LogP contribution >= 0.6 is 23.1 Å². The molecule has 0 bridgehead atoms. The van der Waals surface area contributed by atoms with Crippen LogP contribution in [0.15, 0.2) is 21.7 Å². The van der Waals surface area contributed by atoms with Gasteiger partial charge < -0.3 is 15.4 Å². The summed E-state index contributed by atoms with van der Waals surface area (Å²) in [6, 6.07) is 1.64. The highest BCUT2D eigenvalue weighted by atomic mass is 32.2. The molecule has 2 atom stereocenters. The first kappa shape index (κ1) is 26.9. The number of carbonyl (C=O) groups excluding carboxylic acids is 4. The highest BCUT2D eigenvalue weighted by Crippen LogP contribution is 2.28. The maximum atomic E-state index is 12.8. The number of esters is 1. The fourth-order valence-electron chi connectivity index (χ4n) is 2.63. The van der Waals surface area contributed by atoms with E-state index in [1.54, 1.807) is 11.3 Å². The molecule has 4 amide bonds. The Bertz CT molecular complexity index is 727. The third kappa shape index (κ3) is 9.70. The van der Waals surface area contributed by atoms with E-state index in [0.29, 0.717) is 18.1 Å². The summed E-state index contributed by atoms with van der Waals surface area (Å²) >= 11 is 3.05. The van der Waals surface area contributed by atoms with Gasteiger partial charge in [0.15, 0.2) is 0 Å². The molecule has 1 rings (SSSR count). The number of methoxy groups -OCH3 is 1. The van der Waals surface area contributed by atoms with Crippen molar-refractivity contribution < 1.29 is 29.1 Å². The second kappa shape index (κ2) is 14.0. The fraction of sp³-hybridized carbons (Fsp3) is 0.600. The van der Waals surface area contributed by atoms with E-state index in [1.165, 1.54) is 25.9 Å². The van der Waals surface area contributed by atoms with Crippen molar-refractivity contribution in [1.82, 2.24) is 15.7 Å². The molecule has 0 aromatic carbocycles. The second-order valence-corrected chi connectivity index (χ2v) is 9.56. The summed E-state index contributed by atoms with van der Waals surface area (Å²) in [7, 11) is 2.60. The molecule has 0 saturated heterocycles. The van der Waals surface area contributed by atoms with Gasteiger partial charge in [-0.25, -0.2) is 4.79 Å². The van der Waals surface area contributed by atoms with Gasteiger partial charge in [0.05, 0.1) is 17.2 Å². The molecule has 0 aliphatic carbocycles. The van der Waals surface area contributed by atoms with Gasteiger partial charge in [-0.05, 0) is 30.2 Å². The van der Waals surface area contributed by atoms with E-state index in [2.05, 4.69) is 15.4 Å². The standard InChI is InChI=1S/C20H31N3O6S2/c1-13(2)7-8-14(12-31-17-6-5-11-30-17)19(26)23(28)20(27)22-15(18(25)21-3)9-10-16(24)29-4/h5-6,11,13-15,28H,7-10,12H2,1-4H3,(H,21,25)(H,22,27)/t14-,15+/m1/s1. The number of imide groups is 1. The van der Waals surface area contributed by atoms with Gasteiger partial charge in [-0.2, -0.15) is 0 Å². The molecule has 0 radical (unpaired) electrons. The number of rotatable bonds is 12. The van der Waals surface area contributed by atoms with Gasteiger partial charge in [-0.3, -0.25) is 19.6 Å². The minimum Gasteiger partial charge on any atom is -0.469 e. The lowest BCUT2D eigenvalue weighted by Gasteiger charge is -2.23. The summed E-state index contributed by atoms with van der Waals surface area (Å²) in [6.45, 7) is 4.07. The molecule has 31 heavy (non-hydrogen) atoms. The molecule has 0 aliphatic heterocycles. The zero-order valence-electron chi connectivity index (χ0n) is 18.3. The molecule has 0 fully saturated rings. The first-order valence-electron chi connectivity index (χ1n) is 9.97. The van der Waals surface area contributed by atoms with Crippen LogP contribution < -0.4 is 10.6 Å². The number of hydrogen-bond acceptors (Lipinski definition) is 8. The van der Waals surface area contributed by atoms with Gasteiger partial charge in [0.1, 0.15) is 6.04 Å². The topological polar surface area (TPSA) is 125 Å². The minimum atomic E-state index is -1.11. The predicted octanol–water partition coefficient (Wildman–Crippen LogP) is 2.89. The van der Waals surface area contributed by atoms with Crippen molar-refractivity contribution in [2.45, 2.75) is 49.8 Å². The Labute approximate surface area is 190 Å². The first-order valence-corrected chi connectivity index (χ1v) is 11.8. The van der Waals surface area contributed by atoms with E-state index in [1.807, 2.05) is 31.4 Å². The van der Waals surface area contributed by atoms with Crippen LogP contribution in [0, 0.1) is 11.8 Å². The Morgan fingerprint density at radius 1 is 1.23 bits per heavy atom. The molecule has 0 spiro atoms. The second-order valence-electron chi connectivity index (χ2n) is 7.29. The lowest BCUT2D eigenvalue weighted by Crippen LogP contribution is -2.52. The molecule has 11 heteroatoms.